The molecule has 19 heavy (non-hydrogen) atoms. The predicted octanol–water partition coefficient (Wildman–Crippen LogP) is 1.03. The molecule has 1 aromatic heterocycles. The molecule has 6 nitrogen and oxygen atoms in total. The number of methoxy groups -OCH3 is 1. The molecule has 0 fully saturated rings. The number of pyridine rings is 1. The van der Waals surface area contributed by atoms with E-state index >= 15 is 0 Å². The van der Waals surface area contributed by atoms with Crippen LogP contribution in [0.5, 0.6) is 5.88 Å². The van der Waals surface area contributed by atoms with Crippen LogP contribution < -0.4 is 10.1 Å². The van der Waals surface area contributed by atoms with Gasteiger partial charge in [-0.15, -0.1) is 0 Å². The predicted molar refractivity (Wildman–Crippen MR) is 72.7 cm³/mol. The smallest absolute Gasteiger partial charge is 0.326 e. The van der Waals surface area contributed by atoms with Crippen molar-refractivity contribution in [2.75, 3.05) is 19.1 Å². The Bertz CT molecular complexity index is 453. The minimum atomic E-state index is -1.05. The Kier molecular flexibility index (Phi) is 6.14. The van der Waals surface area contributed by atoms with Gasteiger partial charge in [0.15, 0.2) is 0 Å². The Labute approximate surface area is 115 Å². The lowest BCUT2D eigenvalue weighted by atomic mass is 10.2. The molecule has 7 heteroatoms. The summed E-state index contributed by atoms with van der Waals surface area (Å²) in [7, 11) is 1.40. The first kappa shape index (κ1) is 15.3. The molecule has 0 saturated heterocycles. The average molecular weight is 284 g/mol. The summed E-state index contributed by atoms with van der Waals surface area (Å²) in [5.74, 6) is -0.723. The molecule has 104 valence electrons. The molecule has 0 aliphatic carbocycles. The minimum Gasteiger partial charge on any atom is -0.480 e. The van der Waals surface area contributed by atoms with Gasteiger partial charge in [0.05, 0.1) is 7.11 Å². The summed E-state index contributed by atoms with van der Waals surface area (Å²) >= 11 is 1.53. The number of carbonyl (C=O) groups excluding carboxylic acids is 1. The van der Waals surface area contributed by atoms with Gasteiger partial charge in [0.1, 0.15) is 11.6 Å². The van der Waals surface area contributed by atoms with E-state index in [1.165, 1.54) is 31.1 Å². The molecule has 1 amide bonds. The lowest BCUT2D eigenvalue weighted by molar-refractivity contribution is -0.139. The van der Waals surface area contributed by atoms with Gasteiger partial charge >= 0.3 is 5.97 Å². The third-order valence-electron chi connectivity index (χ3n) is 2.42. The van der Waals surface area contributed by atoms with Crippen LogP contribution >= 0.6 is 11.8 Å². The van der Waals surface area contributed by atoms with Crippen molar-refractivity contribution >= 4 is 23.6 Å². The molecule has 0 aliphatic rings. The molecule has 1 atom stereocenters. The fourth-order valence-corrected chi connectivity index (χ4v) is 1.93. The van der Waals surface area contributed by atoms with Crippen molar-refractivity contribution in [2.45, 2.75) is 12.5 Å². The lowest BCUT2D eigenvalue weighted by Gasteiger charge is -2.14. The molecule has 0 saturated carbocycles. The molecule has 0 bridgehead atoms. The maximum absolute atomic E-state index is 12.0. The largest absolute Gasteiger partial charge is 0.480 e. The summed E-state index contributed by atoms with van der Waals surface area (Å²) in [6.45, 7) is 0. The number of nitrogens with zero attached hydrogens (tertiary/aromatic N) is 1. The van der Waals surface area contributed by atoms with E-state index < -0.39 is 17.9 Å². The number of thioether (sulfide) groups is 1. The van der Waals surface area contributed by atoms with E-state index in [-0.39, 0.29) is 11.4 Å². The normalized spacial score (nSPS) is 11.7. The monoisotopic (exact) mass is 284 g/mol. The van der Waals surface area contributed by atoms with E-state index in [2.05, 4.69) is 10.3 Å². The standard InChI is InChI=1S/C12H16N2O4S/c1-18-11-8(4-3-6-13-11)10(15)14-9(12(16)17)5-7-19-2/h3-4,6,9H,5,7H2,1-2H3,(H,14,15)(H,16,17). The lowest BCUT2D eigenvalue weighted by Crippen LogP contribution is -2.41. The van der Waals surface area contributed by atoms with Crippen LogP contribution in [0.3, 0.4) is 0 Å². The van der Waals surface area contributed by atoms with E-state index in [0.717, 1.165) is 0 Å². The van der Waals surface area contributed by atoms with Crippen LogP contribution in [-0.4, -0.2) is 47.1 Å². The number of aromatic nitrogens is 1. The number of carboxylic acids is 1. The highest BCUT2D eigenvalue weighted by atomic mass is 32.2. The van der Waals surface area contributed by atoms with Crippen LogP contribution in [0.2, 0.25) is 0 Å². The van der Waals surface area contributed by atoms with Gasteiger partial charge < -0.3 is 15.2 Å². The fraction of sp³-hybridized carbons (Fsp3) is 0.417. The minimum absolute atomic E-state index is 0.175. The molecule has 0 radical (unpaired) electrons. The van der Waals surface area contributed by atoms with Crippen LogP contribution in [-0.2, 0) is 4.79 Å². The number of hydrogen-bond donors (Lipinski definition) is 2. The van der Waals surface area contributed by atoms with Gasteiger partial charge in [-0.05, 0) is 30.6 Å². The number of hydrogen-bond acceptors (Lipinski definition) is 5. The Morgan fingerprint density at radius 3 is 2.89 bits per heavy atom. The Hall–Kier alpha value is -1.76. The van der Waals surface area contributed by atoms with Crippen LogP contribution in [0.1, 0.15) is 16.8 Å². The molecule has 0 spiro atoms. The van der Waals surface area contributed by atoms with Gasteiger partial charge in [0.2, 0.25) is 5.88 Å². The van der Waals surface area contributed by atoms with Gasteiger partial charge in [0, 0.05) is 6.20 Å². The number of nitrogens with one attached hydrogen (secondary N) is 1. The third-order valence-corrected chi connectivity index (χ3v) is 3.07. The summed E-state index contributed by atoms with van der Waals surface area (Å²) in [6.07, 6.45) is 3.74. The van der Waals surface area contributed by atoms with Crippen molar-refractivity contribution in [3.8, 4) is 5.88 Å². The first-order chi connectivity index (χ1) is 9.10. The molecule has 1 rings (SSSR count). The molecular formula is C12H16N2O4S. The molecular weight excluding hydrogens is 268 g/mol. The highest BCUT2D eigenvalue weighted by Gasteiger charge is 2.22. The number of aliphatic carboxylic acids is 1. The van der Waals surface area contributed by atoms with Crippen molar-refractivity contribution in [2.24, 2.45) is 0 Å². The number of amides is 1. The van der Waals surface area contributed by atoms with Crippen molar-refractivity contribution in [1.82, 2.24) is 10.3 Å². The second kappa shape index (κ2) is 7.63. The Balaban J connectivity index is 2.78. The van der Waals surface area contributed by atoms with Crippen LogP contribution in [0.4, 0.5) is 0 Å². The van der Waals surface area contributed by atoms with E-state index in [1.807, 2.05) is 6.26 Å². The zero-order chi connectivity index (χ0) is 14.3. The van der Waals surface area contributed by atoms with E-state index in [4.69, 9.17) is 9.84 Å². The van der Waals surface area contributed by atoms with Crippen LogP contribution in [0, 0.1) is 0 Å². The summed E-state index contributed by atoms with van der Waals surface area (Å²) < 4.78 is 4.97. The highest BCUT2D eigenvalue weighted by Crippen LogP contribution is 2.13. The summed E-state index contributed by atoms with van der Waals surface area (Å²) in [5.41, 5.74) is 0.223. The molecule has 0 aliphatic heterocycles. The fourth-order valence-electron chi connectivity index (χ4n) is 1.46. The highest BCUT2D eigenvalue weighted by molar-refractivity contribution is 7.98. The molecule has 1 unspecified atom stereocenters. The Morgan fingerprint density at radius 1 is 1.58 bits per heavy atom. The first-order valence-corrected chi connectivity index (χ1v) is 7.01. The molecule has 1 aromatic rings. The first-order valence-electron chi connectivity index (χ1n) is 5.61. The maximum atomic E-state index is 12.0. The van der Waals surface area contributed by atoms with Crippen LogP contribution in [0.15, 0.2) is 18.3 Å². The van der Waals surface area contributed by atoms with Crippen molar-refractivity contribution in [3.05, 3.63) is 23.9 Å². The molecule has 0 aromatic carbocycles. The summed E-state index contributed by atoms with van der Waals surface area (Å²) in [5, 5.41) is 11.5. The second-order valence-corrected chi connectivity index (χ2v) is 4.69. The third kappa shape index (κ3) is 4.44. The zero-order valence-corrected chi connectivity index (χ0v) is 11.6. The van der Waals surface area contributed by atoms with Crippen molar-refractivity contribution in [3.63, 3.8) is 0 Å². The van der Waals surface area contributed by atoms with E-state index in [9.17, 15) is 9.59 Å². The van der Waals surface area contributed by atoms with Crippen LogP contribution in [0.25, 0.3) is 0 Å². The number of carbonyl (C=O) groups is 2. The zero-order valence-electron chi connectivity index (χ0n) is 10.8. The van der Waals surface area contributed by atoms with E-state index in [0.29, 0.717) is 12.2 Å². The number of carboxylic acid groups (broad SMARTS) is 1. The second-order valence-electron chi connectivity index (χ2n) is 3.71. The van der Waals surface area contributed by atoms with Gasteiger partial charge in [-0.25, -0.2) is 9.78 Å². The quantitative estimate of drug-likeness (QED) is 0.777. The number of ether oxygens (including phenoxy) is 1. The van der Waals surface area contributed by atoms with Crippen molar-refractivity contribution in [1.29, 1.82) is 0 Å². The topological polar surface area (TPSA) is 88.5 Å². The Morgan fingerprint density at radius 2 is 2.32 bits per heavy atom. The summed E-state index contributed by atoms with van der Waals surface area (Å²) in [4.78, 5) is 27.0. The van der Waals surface area contributed by atoms with E-state index in [1.54, 1.807) is 6.07 Å². The molecule has 1 heterocycles. The van der Waals surface area contributed by atoms with Gasteiger partial charge in [-0.1, -0.05) is 0 Å². The average Bonchev–Trinajstić information content (AvgIpc) is 2.42. The van der Waals surface area contributed by atoms with Gasteiger partial charge in [-0.3, -0.25) is 4.79 Å². The maximum Gasteiger partial charge on any atom is 0.326 e. The SMILES string of the molecule is COc1ncccc1C(=O)NC(CCSC)C(=O)O. The summed E-state index contributed by atoms with van der Waals surface area (Å²) in [6, 6.07) is 2.22. The van der Waals surface area contributed by atoms with Gasteiger partial charge in [0.25, 0.3) is 5.91 Å². The number of rotatable bonds is 7. The molecule has 2 N–H and O–H groups in total. The van der Waals surface area contributed by atoms with Gasteiger partial charge in [-0.2, -0.15) is 11.8 Å². The van der Waals surface area contributed by atoms with Crippen molar-refractivity contribution < 1.29 is 19.4 Å².